The van der Waals surface area contributed by atoms with Crippen molar-refractivity contribution in [3.63, 3.8) is 0 Å². The number of aromatic hydroxyl groups is 6. The van der Waals surface area contributed by atoms with Gasteiger partial charge in [0.15, 0.2) is 0 Å². The van der Waals surface area contributed by atoms with Gasteiger partial charge in [-0.3, -0.25) is 0 Å². The van der Waals surface area contributed by atoms with Gasteiger partial charge in [-0.05, 0) is 289 Å². The number of hydrogen-bond acceptors (Lipinski definition) is 6. The lowest BCUT2D eigenvalue weighted by Crippen LogP contribution is -2.56. The summed E-state index contributed by atoms with van der Waals surface area (Å²) in [5.74, 6) is 3.80. The van der Waals surface area contributed by atoms with Crippen molar-refractivity contribution in [1.82, 2.24) is 0 Å². The zero-order valence-corrected chi connectivity index (χ0v) is 54.8. The standard InChI is InChI=1S/C82H104O6/c1-47(2)61-34-59(36-71(79(61)87)77(63-38-67(73(83)29-49(63)5)55-21-13-9-14-22-55)64-39-68(74(84)30-50(64)6)56-23-15-10-16-24-56)81-42-53-33-54(43-81)45-82(44-53,46-81)60-35-62(48(3)4)80(88)72(37-60)78(65-40-69(75(85)31-51(65)7)57-25-17-11-18-26-57)66-41-70(76(86)32-52(66)8)58-27-19-12-20-28-58/h29-32,34-41,47-48,53-58,77-78,83-88H,9-28,33,42-46H2,1-8H3. The highest BCUT2D eigenvalue weighted by Gasteiger charge is 2.59. The molecule has 8 saturated carbocycles. The lowest BCUT2D eigenvalue weighted by atomic mass is 9.41. The van der Waals surface area contributed by atoms with E-state index in [-0.39, 0.29) is 58.2 Å². The topological polar surface area (TPSA) is 121 Å². The fourth-order valence-corrected chi connectivity index (χ4v) is 20.4. The molecule has 8 aliphatic rings. The van der Waals surface area contributed by atoms with Gasteiger partial charge in [-0.1, -0.05) is 153 Å². The van der Waals surface area contributed by atoms with Crippen LogP contribution < -0.4 is 0 Å². The summed E-state index contributed by atoms with van der Waals surface area (Å²) >= 11 is 0. The van der Waals surface area contributed by atoms with Crippen molar-refractivity contribution < 1.29 is 30.6 Å². The van der Waals surface area contributed by atoms with Gasteiger partial charge in [-0.2, -0.15) is 0 Å². The maximum absolute atomic E-state index is 13.3. The van der Waals surface area contributed by atoms with Crippen LogP contribution in [0.15, 0.2) is 72.8 Å². The van der Waals surface area contributed by atoms with Crippen LogP contribution in [0.5, 0.6) is 34.5 Å². The first-order valence-electron chi connectivity index (χ1n) is 35.4. The van der Waals surface area contributed by atoms with Crippen LogP contribution in [0.1, 0.15) is 342 Å². The van der Waals surface area contributed by atoms with Crippen molar-refractivity contribution in [3.8, 4) is 34.5 Å². The monoisotopic (exact) mass is 1180 g/mol. The van der Waals surface area contributed by atoms with E-state index in [0.717, 1.165) is 224 Å². The van der Waals surface area contributed by atoms with E-state index in [1.807, 2.05) is 24.3 Å². The molecule has 8 fully saturated rings. The first-order valence-corrected chi connectivity index (χ1v) is 35.4. The molecule has 0 heterocycles. The van der Waals surface area contributed by atoms with Crippen molar-refractivity contribution >= 4 is 0 Å². The number of hydrogen-bond donors (Lipinski definition) is 6. The molecule has 0 unspecified atom stereocenters. The van der Waals surface area contributed by atoms with Crippen LogP contribution in [-0.4, -0.2) is 30.6 Å². The average molecular weight is 1190 g/mol. The smallest absolute Gasteiger partial charge is 0.123 e. The van der Waals surface area contributed by atoms with Crippen molar-refractivity contribution in [2.45, 2.75) is 281 Å². The first kappa shape index (κ1) is 61.0. The van der Waals surface area contributed by atoms with E-state index in [1.165, 1.54) is 43.2 Å². The summed E-state index contributed by atoms with van der Waals surface area (Å²) < 4.78 is 0. The molecule has 0 amide bonds. The van der Waals surface area contributed by atoms with E-state index in [2.05, 4.69) is 104 Å². The van der Waals surface area contributed by atoms with Crippen molar-refractivity contribution in [2.75, 3.05) is 0 Å². The van der Waals surface area contributed by atoms with Gasteiger partial charge in [0.25, 0.3) is 0 Å². The molecule has 4 bridgehead atoms. The largest absolute Gasteiger partial charge is 0.508 e. The number of benzene rings is 6. The molecule has 14 rings (SSSR count). The number of rotatable bonds is 14. The van der Waals surface area contributed by atoms with Crippen molar-refractivity contribution in [2.24, 2.45) is 11.8 Å². The zero-order valence-electron chi connectivity index (χ0n) is 54.8. The molecule has 6 aromatic rings. The molecule has 0 radical (unpaired) electrons. The Morgan fingerprint density at radius 2 is 0.568 bits per heavy atom. The third-order valence-corrected chi connectivity index (χ3v) is 24.6. The second-order valence-corrected chi connectivity index (χ2v) is 31.1. The van der Waals surface area contributed by atoms with Crippen LogP contribution in [0.4, 0.5) is 0 Å². The Morgan fingerprint density at radius 3 is 0.818 bits per heavy atom. The van der Waals surface area contributed by atoms with E-state index in [4.69, 9.17) is 0 Å². The molecule has 6 heteroatoms. The molecule has 8 aliphatic carbocycles. The van der Waals surface area contributed by atoms with Gasteiger partial charge in [-0.25, -0.2) is 0 Å². The van der Waals surface area contributed by atoms with Crippen molar-refractivity contribution in [1.29, 1.82) is 0 Å². The van der Waals surface area contributed by atoms with E-state index >= 15 is 0 Å². The van der Waals surface area contributed by atoms with E-state index in [9.17, 15) is 30.6 Å². The molecule has 88 heavy (non-hydrogen) atoms. The van der Waals surface area contributed by atoms with Crippen LogP contribution >= 0.6 is 0 Å². The molecule has 0 spiro atoms. The molecular formula is C82H104O6. The summed E-state index contributed by atoms with van der Waals surface area (Å²) in [4.78, 5) is 0. The molecule has 0 aromatic heterocycles. The minimum Gasteiger partial charge on any atom is -0.508 e. The number of phenols is 6. The number of aryl methyl sites for hydroxylation is 4. The molecule has 0 saturated heterocycles. The summed E-state index contributed by atoms with van der Waals surface area (Å²) in [7, 11) is 0. The lowest BCUT2D eigenvalue weighted by molar-refractivity contribution is -0.0282. The normalized spacial score (nSPS) is 24.0. The molecule has 6 N–H and O–H groups in total. The maximum atomic E-state index is 13.3. The quantitative estimate of drug-likeness (QED) is 0.0605. The Balaban J connectivity index is 0.995. The molecule has 0 aliphatic heterocycles. The molecule has 6 nitrogen and oxygen atoms in total. The van der Waals surface area contributed by atoms with Crippen LogP contribution in [0.3, 0.4) is 0 Å². The van der Waals surface area contributed by atoms with Gasteiger partial charge in [0.05, 0.1) is 0 Å². The summed E-state index contributed by atoms with van der Waals surface area (Å²) in [5.41, 5.74) is 18.9. The summed E-state index contributed by atoms with van der Waals surface area (Å²) in [6.45, 7) is 17.6. The summed E-state index contributed by atoms with van der Waals surface area (Å²) in [6.07, 6.45) is 29.3. The zero-order chi connectivity index (χ0) is 61.5. The SMILES string of the molecule is Cc1cc(O)c(C2CCCCC2)cc1C(c1cc(C2CCCCC2)c(O)cc1C)c1cc(C23CC4CC(C2)CC(c2cc(C(C)C)c(O)c(C(c5cc(C6CCCCC6)c(O)cc5C)c5cc(C6CCCCC6)c(O)cc5C)c2)(C4)C3)cc(C(C)C)c1O. The molecular weight excluding hydrogens is 1080 g/mol. The van der Waals surface area contributed by atoms with Gasteiger partial charge >= 0.3 is 0 Å². The van der Waals surface area contributed by atoms with Gasteiger partial charge in [0, 0.05) is 23.0 Å². The van der Waals surface area contributed by atoms with E-state index in [1.54, 1.807) is 0 Å². The highest BCUT2D eigenvalue weighted by molar-refractivity contribution is 5.64. The third-order valence-electron chi connectivity index (χ3n) is 24.6. The van der Waals surface area contributed by atoms with Crippen LogP contribution in [0, 0.1) is 39.5 Å². The van der Waals surface area contributed by atoms with Crippen molar-refractivity contribution in [3.05, 3.63) is 173 Å². The fraction of sp³-hybridized carbons (Fsp3) is 0.561. The lowest BCUT2D eigenvalue weighted by Gasteiger charge is -2.63. The average Bonchev–Trinajstić information content (AvgIpc) is 0.885. The highest BCUT2D eigenvalue weighted by Crippen LogP contribution is 2.68. The Hall–Kier alpha value is -5.88. The Bertz CT molecular complexity index is 3180. The van der Waals surface area contributed by atoms with Gasteiger partial charge < -0.3 is 30.6 Å². The maximum Gasteiger partial charge on any atom is 0.123 e. The summed E-state index contributed by atoms with van der Waals surface area (Å²) in [5, 5.41) is 74.2. The van der Waals surface area contributed by atoms with E-state index < -0.39 is 0 Å². The summed E-state index contributed by atoms with van der Waals surface area (Å²) in [6, 6.07) is 27.1. The van der Waals surface area contributed by atoms with Gasteiger partial charge in [-0.15, -0.1) is 0 Å². The Morgan fingerprint density at radius 1 is 0.318 bits per heavy atom. The molecule has 468 valence electrons. The minimum absolute atomic E-state index is 0.0498. The highest BCUT2D eigenvalue weighted by atomic mass is 16.3. The van der Waals surface area contributed by atoms with Crippen LogP contribution in [0.25, 0.3) is 0 Å². The first-order chi connectivity index (χ1) is 42.3. The Kier molecular flexibility index (Phi) is 16.9. The second-order valence-electron chi connectivity index (χ2n) is 31.1. The number of phenolic OH excluding ortho intramolecular Hbond substituents is 6. The molecule has 6 aromatic carbocycles. The van der Waals surface area contributed by atoms with Gasteiger partial charge in [0.1, 0.15) is 34.5 Å². The predicted molar refractivity (Wildman–Crippen MR) is 359 cm³/mol. The van der Waals surface area contributed by atoms with Crippen LogP contribution in [-0.2, 0) is 10.8 Å². The fourth-order valence-electron chi connectivity index (χ4n) is 20.4. The Labute approximate surface area is 527 Å². The third kappa shape index (κ3) is 11.1. The minimum atomic E-state index is -0.347. The van der Waals surface area contributed by atoms with Gasteiger partial charge in [0.2, 0.25) is 0 Å². The predicted octanol–water partition coefficient (Wildman–Crippen LogP) is 21.7. The molecule has 0 atom stereocenters. The van der Waals surface area contributed by atoms with E-state index in [0.29, 0.717) is 46.3 Å². The van der Waals surface area contributed by atoms with Crippen LogP contribution in [0.2, 0.25) is 0 Å². The second kappa shape index (κ2) is 24.4.